The largest absolute Gasteiger partial charge is 0.339 e. The van der Waals surface area contributed by atoms with E-state index in [0.29, 0.717) is 13.0 Å². The van der Waals surface area contributed by atoms with Crippen LogP contribution in [0.3, 0.4) is 0 Å². The molecule has 2 heterocycles. The molecule has 1 aliphatic carbocycles. The third kappa shape index (κ3) is 2.34. The fourth-order valence-corrected chi connectivity index (χ4v) is 4.51. The van der Waals surface area contributed by atoms with Crippen molar-refractivity contribution in [1.82, 2.24) is 15.5 Å². The highest BCUT2D eigenvalue weighted by molar-refractivity contribution is 6.08. The quantitative estimate of drug-likeness (QED) is 0.801. The molecular weight excluding hydrogens is 318 g/mol. The first-order valence-electron chi connectivity index (χ1n) is 8.86. The highest BCUT2D eigenvalue weighted by Gasteiger charge is 2.55. The van der Waals surface area contributed by atoms with E-state index in [-0.39, 0.29) is 18.4 Å². The van der Waals surface area contributed by atoms with E-state index in [0.717, 1.165) is 36.0 Å². The lowest BCUT2D eigenvalue weighted by Gasteiger charge is -2.43. The predicted molar refractivity (Wildman–Crippen MR) is 92.0 cm³/mol. The maximum atomic E-state index is 13.4. The summed E-state index contributed by atoms with van der Waals surface area (Å²) in [6.45, 7) is 4.86. The van der Waals surface area contributed by atoms with Crippen LogP contribution in [-0.4, -0.2) is 41.4 Å². The van der Waals surface area contributed by atoms with Crippen LogP contribution >= 0.6 is 0 Å². The Balaban J connectivity index is 1.61. The van der Waals surface area contributed by atoms with Gasteiger partial charge >= 0.3 is 6.03 Å². The summed E-state index contributed by atoms with van der Waals surface area (Å²) >= 11 is 0. The lowest BCUT2D eigenvalue weighted by atomic mass is 9.63. The summed E-state index contributed by atoms with van der Waals surface area (Å²) in [6, 6.07) is 5.87. The van der Waals surface area contributed by atoms with E-state index in [2.05, 4.69) is 42.7 Å². The minimum Gasteiger partial charge on any atom is -0.339 e. The molecule has 132 valence electrons. The molecule has 1 atom stereocenters. The van der Waals surface area contributed by atoms with E-state index in [9.17, 15) is 14.4 Å². The van der Waals surface area contributed by atoms with Gasteiger partial charge in [-0.1, -0.05) is 35.7 Å². The molecule has 4 rings (SSSR count). The first kappa shape index (κ1) is 16.1. The van der Waals surface area contributed by atoms with Crippen LogP contribution < -0.4 is 10.6 Å². The summed E-state index contributed by atoms with van der Waals surface area (Å²) in [7, 11) is 0. The number of hydrogen-bond donors (Lipinski definition) is 2. The molecule has 0 aromatic heterocycles. The van der Waals surface area contributed by atoms with Crippen molar-refractivity contribution in [2.45, 2.75) is 50.5 Å². The molecule has 0 radical (unpaired) electrons. The molecule has 25 heavy (non-hydrogen) atoms. The maximum absolute atomic E-state index is 13.4. The second-order valence-corrected chi connectivity index (χ2v) is 7.78. The minimum absolute atomic E-state index is 0.0922. The van der Waals surface area contributed by atoms with E-state index >= 15 is 0 Å². The Morgan fingerprint density at radius 2 is 1.76 bits per heavy atom. The number of rotatable bonds is 2. The lowest BCUT2D eigenvalue weighted by Crippen LogP contribution is -2.54. The van der Waals surface area contributed by atoms with Gasteiger partial charge in [0, 0.05) is 6.54 Å². The van der Waals surface area contributed by atoms with E-state index in [4.69, 9.17) is 0 Å². The Morgan fingerprint density at radius 3 is 2.28 bits per heavy atom. The molecule has 0 unspecified atom stereocenters. The van der Waals surface area contributed by atoms with Gasteiger partial charge < -0.3 is 10.2 Å². The summed E-state index contributed by atoms with van der Waals surface area (Å²) < 4.78 is 0. The van der Waals surface area contributed by atoms with Crippen molar-refractivity contribution in [2.75, 3.05) is 13.1 Å². The van der Waals surface area contributed by atoms with Gasteiger partial charge in [-0.3, -0.25) is 14.9 Å². The summed E-state index contributed by atoms with van der Waals surface area (Å²) in [5.41, 5.74) is 1.99. The number of benzene rings is 1. The number of hydrogen-bond acceptors (Lipinski definition) is 3. The molecule has 0 bridgehead atoms. The summed E-state index contributed by atoms with van der Waals surface area (Å²) in [5, 5.41) is 5.01. The lowest BCUT2D eigenvalue weighted by molar-refractivity contribution is -0.140. The normalized spacial score (nSPS) is 27.2. The fourth-order valence-electron chi connectivity index (χ4n) is 4.51. The number of imide groups is 1. The van der Waals surface area contributed by atoms with E-state index in [1.807, 2.05) is 0 Å². The van der Waals surface area contributed by atoms with Crippen LogP contribution in [0.2, 0.25) is 0 Å². The number of amides is 4. The average molecular weight is 341 g/mol. The number of aryl methyl sites for hydroxylation is 2. The van der Waals surface area contributed by atoms with Crippen LogP contribution in [0.25, 0.3) is 0 Å². The van der Waals surface area contributed by atoms with Crippen molar-refractivity contribution in [3.8, 4) is 0 Å². The maximum Gasteiger partial charge on any atom is 0.322 e. The van der Waals surface area contributed by atoms with Gasteiger partial charge in [-0.05, 0) is 38.7 Å². The van der Waals surface area contributed by atoms with Gasteiger partial charge in [0.25, 0.3) is 5.91 Å². The predicted octanol–water partition coefficient (Wildman–Crippen LogP) is 1.54. The average Bonchev–Trinajstić information content (AvgIpc) is 3.01. The standard InChI is InChI=1S/C19H23N3O3/c1-12-8-13(2)10-14(9-12)18(4-3-5-18)16(24)22-7-6-19(11-22)15(23)20-17(25)21-19/h8-10H,3-7,11H2,1-2H3,(H2,20,21,23,25)/t19-/m1/s1. The third-order valence-electron chi connectivity index (χ3n) is 5.96. The molecule has 1 saturated carbocycles. The SMILES string of the molecule is Cc1cc(C)cc(C2(C(=O)N3CC[C@]4(C3)NC(=O)NC4=O)CCC2)c1. The Bertz CT molecular complexity index is 764. The van der Waals surface area contributed by atoms with Crippen LogP contribution in [0.5, 0.6) is 0 Å². The molecule has 4 amide bonds. The van der Waals surface area contributed by atoms with Crippen molar-refractivity contribution < 1.29 is 14.4 Å². The van der Waals surface area contributed by atoms with Crippen molar-refractivity contribution >= 4 is 17.8 Å². The zero-order valence-electron chi connectivity index (χ0n) is 14.6. The number of nitrogens with one attached hydrogen (secondary N) is 2. The first-order valence-corrected chi connectivity index (χ1v) is 8.86. The molecule has 1 aromatic rings. The molecule has 2 aliphatic heterocycles. The number of carbonyl (C=O) groups is 3. The van der Waals surface area contributed by atoms with Crippen LogP contribution in [0.4, 0.5) is 4.79 Å². The Kier molecular flexibility index (Phi) is 3.42. The van der Waals surface area contributed by atoms with Gasteiger partial charge in [-0.25, -0.2) is 4.79 Å². The van der Waals surface area contributed by atoms with Gasteiger partial charge in [0.15, 0.2) is 0 Å². The van der Waals surface area contributed by atoms with Gasteiger partial charge in [-0.15, -0.1) is 0 Å². The molecule has 1 aromatic carbocycles. The van der Waals surface area contributed by atoms with Crippen LogP contribution in [0, 0.1) is 13.8 Å². The topological polar surface area (TPSA) is 78.5 Å². The summed E-state index contributed by atoms with van der Waals surface area (Å²) in [4.78, 5) is 38.8. The molecular formula is C19H23N3O3. The Morgan fingerprint density at radius 1 is 1.08 bits per heavy atom. The number of carbonyl (C=O) groups excluding carboxylic acids is 3. The fraction of sp³-hybridized carbons (Fsp3) is 0.526. The zero-order chi connectivity index (χ0) is 17.8. The molecule has 1 spiro atoms. The highest BCUT2D eigenvalue weighted by atomic mass is 16.2. The van der Waals surface area contributed by atoms with Gasteiger partial charge in [0.05, 0.1) is 12.0 Å². The molecule has 6 heteroatoms. The summed E-state index contributed by atoms with van der Waals surface area (Å²) in [6.07, 6.45) is 3.20. The molecule has 3 fully saturated rings. The number of urea groups is 1. The zero-order valence-corrected chi connectivity index (χ0v) is 14.6. The van der Waals surface area contributed by atoms with E-state index < -0.39 is 17.0 Å². The van der Waals surface area contributed by atoms with Crippen molar-refractivity contribution in [3.05, 3.63) is 34.9 Å². The molecule has 6 nitrogen and oxygen atoms in total. The van der Waals surface area contributed by atoms with Gasteiger partial charge in [0.2, 0.25) is 5.91 Å². The molecule has 2 saturated heterocycles. The van der Waals surface area contributed by atoms with E-state index in [1.165, 1.54) is 0 Å². The molecule has 2 N–H and O–H groups in total. The van der Waals surface area contributed by atoms with Crippen molar-refractivity contribution in [2.24, 2.45) is 0 Å². The van der Waals surface area contributed by atoms with Crippen molar-refractivity contribution in [3.63, 3.8) is 0 Å². The van der Waals surface area contributed by atoms with Crippen LogP contribution in [0.1, 0.15) is 42.4 Å². The number of likely N-dealkylation sites (tertiary alicyclic amines) is 1. The minimum atomic E-state index is -0.944. The van der Waals surface area contributed by atoms with Crippen LogP contribution in [0.15, 0.2) is 18.2 Å². The first-order chi connectivity index (χ1) is 11.8. The second-order valence-electron chi connectivity index (χ2n) is 7.78. The highest BCUT2D eigenvalue weighted by Crippen LogP contribution is 2.46. The monoisotopic (exact) mass is 341 g/mol. The Hall–Kier alpha value is -2.37. The van der Waals surface area contributed by atoms with E-state index in [1.54, 1.807) is 4.90 Å². The smallest absolute Gasteiger partial charge is 0.322 e. The third-order valence-corrected chi connectivity index (χ3v) is 5.96. The number of nitrogens with zero attached hydrogens (tertiary/aromatic N) is 1. The Labute approximate surface area is 147 Å². The second kappa shape index (κ2) is 5.31. The van der Waals surface area contributed by atoms with Gasteiger partial charge in [0.1, 0.15) is 5.54 Å². The summed E-state index contributed by atoms with van der Waals surface area (Å²) in [5.74, 6) is -0.226. The van der Waals surface area contributed by atoms with Crippen molar-refractivity contribution in [1.29, 1.82) is 0 Å². The van der Waals surface area contributed by atoms with Gasteiger partial charge in [-0.2, -0.15) is 0 Å². The molecule has 3 aliphatic rings. The van der Waals surface area contributed by atoms with Crippen LogP contribution in [-0.2, 0) is 15.0 Å².